The van der Waals surface area contributed by atoms with Crippen molar-refractivity contribution in [2.75, 3.05) is 7.11 Å². The van der Waals surface area contributed by atoms with E-state index in [0.29, 0.717) is 16.3 Å². The van der Waals surface area contributed by atoms with Crippen LogP contribution in [-0.2, 0) is 17.6 Å². The Morgan fingerprint density at radius 3 is 2.74 bits per heavy atom. The van der Waals surface area contributed by atoms with Gasteiger partial charge in [-0.25, -0.2) is 0 Å². The molecule has 0 saturated heterocycles. The van der Waals surface area contributed by atoms with Crippen LogP contribution in [0.5, 0.6) is 5.75 Å². The Hall–Kier alpha value is -1.26. The van der Waals surface area contributed by atoms with Gasteiger partial charge in [-0.3, -0.25) is 4.79 Å². The van der Waals surface area contributed by atoms with Crippen molar-refractivity contribution in [3.8, 4) is 5.75 Å². The number of fused-ring (bicyclic) bond motifs is 1. The van der Waals surface area contributed by atoms with Crippen LogP contribution in [-0.4, -0.2) is 18.2 Å². The van der Waals surface area contributed by atoms with E-state index < -0.39 is 12.0 Å². The molecule has 1 atom stereocenters. The molecule has 104 valence electrons. The summed E-state index contributed by atoms with van der Waals surface area (Å²) in [7, 11) is 1.49. The SMILES string of the molecule is COc1c(C(N)C(=O)O)cc2c(c1Cl)CCCCC2. The normalized spacial score (nSPS) is 16.4. The molecular formula is C14H18ClNO3. The number of ether oxygens (including phenoxy) is 1. The number of hydrogen-bond acceptors (Lipinski definition) is 3. The number of carboxylic acid groups (broad SMARTS) is 1. The summed E-state index contributed by atoms with van der Waals surface area (Å²) in [5.74, 6) is -0.680. The van der Waals surface area contributed by atoms with Gasteiger partial charge < -0.3 is 15.6 Å². The van der Waals surface area contributed by atoms with Gasteiger partial charge in [-0.15, -0.1) is 0 Å². The lowest BCUT2D eigenvalue weighted by atomic mass is 9.95. The Labute approximate surface area is 117 Å². The van der Waals surface area contributed by atoms with Crippen molar-refractivity contribution in [3.05, 3.63) is 27.8 Å². The molecule has 3 N–H and O–H groups in total. The first-order chi connectivity index (χ1) is 9.06. The second-order valence-corrected chi connectivity index (χ2v) is 5.21. The van der Waals surface area contributed by atoms with Gasteiger partial charge in [-0.05, 0) is 42.9 Å². The maximum absolute atomic E-state index is 11.1. The van der Waals surface area contributed by atoms with E-state index in [2.05, 4.69) is 0 Å². The highest BCUT2D eigenvalue weighted by molar-refractivity contribution is 6.33. The largest absolute Gasteiger partial charge is 0.495 e. The van der Waals surface area contributed by atoms with Crippen molar-refractivity contribution in [1.82, 2.24) is 0 Å². The number of nitrogens with two attached hydrogens (primary N) is 1. The minimum Gasteiger partial charge on any atom is -0.495 e. The second-order valence-electron chi connectivity index (χ2n) is 4.83. The van der Waals surface area contributed by atoms with Crippen LogP contribution in [0.15, 0.2) is 6.07 Å². The second kappa shape index (κ2) is 5.80. The number of methoxy groups -OCH3 is 1. The molecule has 1 aliphatic rings. The van der Waals surface area contributed by atoms with E-state index in [1.54, 1.807) is 0 Å². The number of halogens is 1. The van der Waals surface area contributed by atoms with Crippen LogP contribution < -0.4 is 10.5 Å². The highest BCUT2D eigenvalue weighted by Gasteiger charge is 2.25. The molecule has 1 aliphatic carbocycles. The summed E-state index contributed by atoms with van der Waals surface area (Å²) in [6, 6.07) is 0.741. The lowest BCUT2D eigenvalue weighted by molar-refractivity contribution is -0.138. The van der Waals surface area contributed by atoms with Crippen LogP contribution in [0.3, 0.4) is 0 Å². The molecule has 0 saturated carbocycles. The summed E-state index contributed by atoms with van der Waals surface area (Å²) in [6.45, 7) is 0. The molecule has 4 nitrogen and oxygen atoms in total. The highest BCUT2D eigenvalue weighted by atomic mass is 35.5. The average molecular weight is 284 g/mol. The first-order valence-electron chi connectivity index (χ1n) is 6.42. The molecule has 2 rings (SSSR count). The summed E-state index contributed by atoms with van der Waals surface area (Å²) in [5, 5.41) is 9.60. The van der Waals surface area contributed by atoms with Crippen LogP contribution in [0.1, 0.15) is 42.0 Å². The van der Waals surface area contributed by atoms with Crippen molar-refractivity contribution in [2.45, 2.75) is 38.1 Å². The standard InChI is InChI=1S/C14H18ClNO3/c1-19-13-10(12(16)14(17)18)7-8-5-3-2-4-6-9(8)11(13)15/h7,12H,2-6,16H2,1H3,(H,17,18). The zero-order chi connectivity index (χ0) is 14.0. The third-order valence-electron chi connectivity index (χ3n) is 3.62. The molecule has 0 bridgehead atoms. The van der Waals surface area contributed by atoms with E-state index in [9.17, 15) is 4.79 Å². The predicted molar refractivity (Wildman–Crippen MR) is 73.8 cm³/mol. The molecule has 0 aliphatic heterocycles. The zero-order valence-corrected chi connectivity index (χ0v) is 11.7. The summed E-state index contributed by atoms with van der Waals surface area (Å²) < 4.78 is 5.28. The fraction of sp³-hybridized carbons (Fsp3) is 0.500. The molecule has 1 unspecified atom stereocenters. The summed E-state index contributed by atoms with van der Waals surface area (Å²) in [4.78, 5) is 11.1. The summed E-state index contributed by atoms with van der Waals surface area (Å²) in [5.41, 5.74) is 8.36. The molecular weight excluding hydrogens is 266 g/mol. The van der Waals surface area contributed by atoms with E-state index in [4.69, 9.17) is 27.2 Å². The molecule has 0 fully saturated rings. The fourth-order valence-electron chi connectivity index (χ4n) is 2.60. The minimum absolute atomic E-state index is 0.400. The van der Waals surface area contributed by atoms with Crippen molar-refractivity contribution < 1.29 is 14.6 Å². The molecule has 19 heavy (non-hydrogen) atoms. The smallest absolute Gasteiger partial charge is 0.325 e. The van der Waals surface area contributed by atoms with E-state index in [-0.39, 0.29) is 0 Å². The van der Waals surface area contributed by atoms with Gasteiger partial charge in [0.05, 0.1) is 12.1 Å². The molecule has 1 aromatic rings. The lowest BCUT2D eigenvalue weighted by Crippen LogP contribution is -2.22. The van der Waals surface area contributed by atoms with Crippen molar-refractivity contribution in [2.24, 2.45) is 5.73 Å². The number of carbonyl (C=O) groups is 1. The van der Waals surface area contributed by atoms with Gasteiger partial charge in [0.2, 0.25) is 0 Å². The fourth-order valence-corrected chi connectivity index (χ4v) is 3.01. The van der Waals surface area contributed by atoms with E-state index in [0.717, 1.165) is 43.2 Å². The predicted octanol–water partition coefficient (Wildman–Crippen LogP) is 2.70. The van der Waals surface area contributed by atoms with Crippen molar-refractivity contribution in [1.29, 1.82) is 0 Å². The van der Waals surface area contributed by atoms with Gasteiger partial charge in [-0.1, -0.05) is 18.0 Å². The Kier molecular flexibility index (Phi) is 4.32. The zero-order valence-electron chi connectivity index (χ0n) is 10.9. The molecule has 0 heterocycles. The topological polar surface area (TPSA) is 72.5 Å². The summed E-state index contributed by atoms with van der Waals surface area (Å²) >= 11 is 6.38. The molecule has 0 amide bonds. The number of rotatable bonds is 3. The molecule has 1 aromatic carbocycles. The van der Waals surface area contributed by atoms with Gasteiger partial charge in [0.15, 0.2) is 0 Å². The Morgan fingerprint density at radius 1 is 1.42 bits per heavy atom. The Bertz CT molecular complexity index is 502. The van der Waals surface area contributed by atoms with E-state index >= 15 is 0 Å². The van der Waals surface area contributed by atoms with Crippen molar-refractivity contribution in [3.63, 3.8) is 0 Å². The van der Waals surface area contributed by atoms with E-state index in [1.165, 1.54) is 7.11 Å². The number of carboxylic acids is 1. The molecule has 0 radical (unpaired) electrons. The number of hydrogen-bond donors (Lipinski definition) is 2. The number of aryl methyl sites for hydroxylation is 1. The first kappa shape index (κ1) is 14.2. The number of aliphatic carboxylic acids is 1. The van der Waals surface area contributed by atoms with Crippen LogP contribution in [0.4, 0.5) is 0 Å². The minimum atomic E-state index is -1.11. The lowest BCUT2D eigenvalue weighted by Gasteiger charge is -2.18. The monoisotopic (exact) mass is 283 g/mol. The van der Waals surface area contributed by atoms with Gasteiger partial charge in [0.25, 0.3) is 0 Å². The molecule has 0 aromatic heterocycles. The maximum Gasteiger partial charge on any atom is 0.325 e. The summed E-state index contributed by atoms with van der Waals surface area (Å²) in [6.07, 6.45) is 5.18. The average Bonchev–Trinajstić information content (AvgIpc) is 2.63. The van der Waals surface area contributed by atoms with E-state index in [1.807, 2.05) is 6.07 Å². The van der Waals surface area contributed by atoms with Gasteiger partial charge in [-0.2, -0.15) is 0 Å². The van der Waals surface area contributed by atoms with Crippen LogP contribution in [0.25, 0.3) is 0 Å². The Morgan fingerprint density at radius 2 is 2.11 bits per heavy atom. The van der Waals surface area contributed by atoms with Crippen LogP contribution >= 0.6 is 11.6 Å². The van der Waals surface area contributed by atoms with Crippen LogP contribution in [0.2, 0.25) is 5.02 Å². The number of benzene rings is 1. The van der Waals surface area contributed by atoms with Gasteiger partial charge in [0.1, 0.15) is 11.8 Å². The molecule has 0 spiro atoms. The van der Waals surface area contributed by atoms with Gasteiger partial charge in [0, 0.05) is 5.56 Å². The first-order valence-corrected chi connectivity index (χ1v) is 6.80. The maximum atomic E-state index is 11.1. The highest BCUT2D eigenvalue weighted by Crippen LogP contribution is 2.39. The van der Waals surface area contributed by atoms with Gasteiger partial charge >= 0.3 is 5.97 Å². The molecule has 5 heteroatoms. The quantitative estimate of drug-likeness (QED) is 0.837. The third-order valence-corrected chi connectivity index (χ3v) is 4.02. The third kappa shape index (κ3) is 2.69. The Balaban J connectivity index is 2.58. The van der Waals surface area contributed by atoms with Crippen molar-refractivity contribution >= 4 is 17.6 Å². The van der Waals surface area contributed by atoms with Crippen LogP contribution in [0, 0.1) is 0 Å².